The third-order valence-corrected chi connectivity index (χ3v) is 3.30. The quantitative estimate of drug-likeness (QED) is 0.752. The number of nitrogens with zero attached hydrogens (tertiary/aromatic N) is 4. The third kappa shape index (κ3) is 2.09. The summed E-state index contributed by atoms with van der Waals surface area (Å²) >= 11 is 0. The Bertz CT molecular complexity index is 338. The first-order valence-electron chi connectivity index (χ1n) is 5.62. The maximum Gasteiger partial charge on any atom is 0.225 e. The van der Waals surface area contributed by atoms with Gasteiger partial charge in [0, 0.05) is 25.2 Å². The van der Waals surface area contributed by atoms with Gasteiger partial charge in [-0.2, -0.15) is 0 Å². The van der Waals surface area contributed by atoms with Crippen LogP contribution >= 0.6 is 0 Å². The van der Waals surface area contributed by atoms with E-state index in [1.807, 2.05) is 0 Å². The van der Waals surface area contributed by atoms with Gasteiger partial charge in [0.1, 0.15) is 0 Å². The highest BCUT2D eigenvalue weighted by molar-refractivity contribution is 5.38. The van der Waals surface area contributed by atoms with Crippen LogP contribution in [0.25, 0.3) is 0 Å². The molecule has 0 amide bonds. The van der Waals surface area contributed by atoms with E-state index in [4.69, 9.17) is 5.73 Å². The fraction of sp³-hybridized carbons (Fsp3) is 0.636. The van der Waals surface area contributed by atoms with Crippen LogP contribution in [0.5, 0.6) is 0 Å². The number of anilines is 2. The molecule has 0 aromatic carbocycles. The highest BCUT2D eigenvalue weighted by Gasteiger charge is 2.27. The molecule has 16 heavy (non-hydrogen) atoms. The number of rotatable bonds is 1. The molecule has 0 aliphatic carbocycles. The summed E-state index contributed by atoms with van der Waals surface area (Å²) in [4.78, 5) is 13.1. The van der Waals surface area contributed by atoms with Gasteiger partial charge < -0.3 is 10.6 Å². The zero-order valence-electron chi connectivity index (χ0n) is 10.1. The third-order valence-electron chi connectivity index (χ3n) is 3.30. The van der Waals surface area contributed by atoms with Crippen LogP contribution in [0.4, 0.5) is 11.6 Å². The van der Waals surface area contributed by atoms with Crippen molar-refractivity contribution in [1.29, 1.82) is 0 Å². The molecule has 1 aromatic rings. The monoisotopic (exact) mass is 221 g/mol. The fourth-order valence-electron chi connectivity index (χ4n) is 2.06. The fourth-order valence-corrected chi connectivity index (χ4v) is 2.06. The van der Waals surface area contributed by atoms with Crippen molar-refractivity contribution in [3.05, 3.63) is 12.4 Å². The molecule has 88 valence electrons. The Labute approximate surface area is 96.3 Å². The molecule has 2 N–H and O–H groups in total. The first kappa shape index (κ1) is 11.1. The Morgan fingerprint density at radius 2 is 1.69 bits per heavy atom. The number of piperazine rings is 1. The van der Waals surface area contributed by atoms with Gasteiger partial charge in [0.2, 0.25) is 5.95 Å². The van der Waals surface area contributed by atoms with Gasteiger partial charge in [0.05, 0.1) is 18.1 Å². The molecule has 0 saturated carbocycles. The van der Waals surface area contributed by atoms with Crippen LogP contribution in [0.2, 0.25) is 0 Å². The summed E-state index contributed by atoms with van der Waals surface area (Å²) in [6.07, 6.45) is 3.33. The molecule has 5 nitrogen and oxygen atoms in total. The van der Waals surface area contributed by atoms with Gasteiger partial charge >= 0.3 is 0 Å². The van der Waals surface area contributed by atoms with E-state index in [-0.39, 0.29) is 0 Å². The van der Waals surface area contributed by atoms with Crippen LogP contribution in [-0.2, 0) is 0 Å². The van der Waals surface area contributed by atoms with Crippen molar-refractivity contribution in [2.24, 2.45) is 0 Å². The minimum absolute atomic E-state index is 0.518. The Morgan fingerprint density at radius 3 is 2.19 bits per heavy atom. The van der Waals surface area contributed by atoms with E-state index in [1.54, 1.807) is 12.4 Å². The highest BCUT2D eigenvalue weighted by Crippen LogP contribution is 2.17. The standard InChI is InChI=1S/C11H19N5/c1-8-6-16(7-9(2)15(8)3)11-13-4-10(12)5-14-11/h4-5,8-9H,6-7,12H2,1-3H3. The van der Waals surface area contributed by atoms with Gasteiger partial charge in [-0.1, -0.05) is 0 Å². The second kappa shape index (κ2) is 4.25. The van der Waals surface area contributed by atoms with Crippen LogP contribution in [0.1, 0.15) is 13.8 Å². The normalized spacial score (nSPS) is 27.1. The molecule has 0 radical (unpaired) electrons. The van der Waals surface area contributed by atoms with Crippen molar-refractivity contribution < 1.29 is 0 Å². The van der Waals surface area contributed by atoms with Crippen molar-refractivity contribution >= 4 is 11.6 Å². The first-order chi connectivity index (χ1) is 7.58. The van der Waals surface area contributed by atoms with Crippen molar-refractivity contribution in [3.8, 4) is 0 Å². The molecule has 1 fully saturated rings. The lowest BCUT2D eigenvalue weighted by atomic mass is 10.1. The lowest BCUT2D eigenvalue weighted by Gasteiger charge is -2.42. The summed E-state index contributed by atoms with van der Waals surface area (Å²) in [6.45, 7) is 6.37. The largest absolute Gasteiger partial charge is 0.396 e. The molecule has 0 spiro atoms. The summed E-state index contributed by atoms with van der Waals surface area (Å²) in [5.74, 6) is 0.779. The number of nitrogen functional groups attached to an aromatic ring is 1. The summed E-state index contributed by atoms with van der Waals surface area (Å²) in [5, 5.41) is 0. The second-order valence-electron chi connectivity index (χ2n) is 4.58. The molecule has 2 rings (SSSR count). The molecule has 1 saturated heterocycles. The predicted octanol–water partition coefficient (Wildman–Crippen LogP) is 0.588. The topological polar surface area (TPSA) is 58.3 Å². The highest BCUT2D eigenvalue weighted by atomic mass is 15.3. The molecule has 5 heteroatoms. The minimum atomic E-state index is 0.518. The smallest absolute Gasteiger partial charge is 0.225 e. The minimum Gasteiger partial charge on any atom is -0.396 e. The number of aromatic nitrogens is 2. The van der Waals surface area contributed by atoms with Gasteiger partial charge in [0.25, 0.3) is 0 Å². The van der Waals surface area contributed by atoms with Crippen LogP contribution < -0.4 is 10.6 Å². The zero-order valence-corrected chi connectivity index (χ0v) is 10.1. The van der Waals surface area contributed by atoms with Crippen LogP contribution in [0, 0.1) is 0 Å². The van der Waals surface area contributed by atoms with Gasteiger partial charge in [-0.05, 0) is 20.9 Å². The second-order valence-corrected chi connectivity index (χ2v) is 4.58. The Kier molecular flexibility index (Phi) is 2.96. The van der Waals surface area contributed by atoms with Gasteiger partial charge in [-0.25, -0.2) is 9.97 Å². The molecule has 2 atom stereocenters. The van der Waals surface area contributed by atoms with E-state index in [0.717, 1.165) is 19.0 Å². The number of hydrogen-bond acceptors (Lipinski definition) is 5. The summed E-state index contributed by atoms with van der Waals surface area (Å²) < 4.78 is 0. The molecule has 2 unspecified atom stereocenters. The Morgan fingerprint density at radius 1 is 1.19 bits per heavy atom. The predicted molar refractivity (Wildman–Crippen MR) is 65.3 cm³/mol. The molecular weight excluding hydrogens is 202 g/mol. The van der Waals surface area contributed by atoms with E-state index in [1.165, 1.54) is 0 Å². The zero-order chi connectivity index (χ0) is 11.7. The SMILES string of the molecule is CC1CN(c2ncc(N)cn2)CC(C)N1C. The Balaban J connectivity index is 2.13. The van der Waals surface area contributed by atoms with E-state index in [9.17, 15) is 0 Å². The summed E-state index contributed by atoms with van der Waals surface area (Å²) in [6, 6.07) is 1.04. The van der Waals surface area contributed by atoms with Gasteiger partial charge in [-0.3, -0.25) is 4.90 Å². The first-order valence-corrected chi connectivity index (χ1v) is 5.62. The van der Waals surface area contributed by atoms with Crippen molar-refractivity contribution in [2.45, 2.75) is 25.9 Å². The molecule has 1 aliphatic heterocycles. The van der Waals surface area contributed by atoms with E-state index in [2.05, 4.69) is 40.7 Å². The van der Waals surface area contributed by atoms with Crippen molar-refractivity contribution in [1.82, 2.24) is 14.9 Å². The summed E-state index contributed by atoms with van der Waals surface area (Å²) in [5.41, 5.74) is 6.19. The van der Waals surface area contributed by atoms with Gasteiger partial charge in [0.15, 0.2) is 0 Å². The van der Waals surface area contributed by atoms with E-state index >= 15 is 0 Å². The van der Waals surface area contributed by atoms with Crippen LogP contribution in [-0.4, -0.2) is 47.1 Å². The summed E-state index contributed by atoms with van der Waals surface area (Å²) in [7, 11) is 2.16. The average molecular weight is 221 g/mol. The van der Waals surface area contributed by atoms with Crippen LogP contribution in [0.15, 0.2) is 12.4 Å². The molecular formula is C11H19N5. The van der Waals surface area contributed by atoms with Crippen molar-refractivity contribution in [2.75, 3.05) is 30.8 Å². The maximum absolute atomic E-state index is 5.58. The lowest BCUT2D eigenvalue weighted by molar-refractivity contribution is 0.169. The number of nitrogens with two attached hydrogens (primary N) is 1. The van der Waals surface area contributed by atoms with Gasteiger partial charge in [-0.15, -0.1) is 0 Å². The molecule has 1 aromatic heterocycles. The van der Waals surface area contributed by atoms with E-state index < -0.39 is 0 Å². The average Bonchev–Trinajstić information content (AvgIpc) is 2.26. The molecule has 1 aliphatic rings. The molecule has 0 bridgehead atoms. The lowest BCUT2D eigenvalue weighted by Crippen LogP contribution is -2.55. The Hall–Kier alpha value is -1.36. The number of hydrogen-bond donors (Lipinski definition) is 1. The van der Waals surface area contributed by atoms with Crippen LogP contribution in [0.3, 0.4) is 0 Å². The van der Waals surface area contributed by atoms with E-state index in [0.29, 0.717) is 17.8 Å². The number of likely N-dealkylation sites (N-methyl/N-ethyl adjacent to an activating group) is 1. The molecule has 2 heterocycles. The van der Waals surface area contributed by atoms with Crippen molar-refractivity contribution in [3.63, 3.8) is 0 Å². The maximum atomic E-state index is 5.58.